The third kappa shape index (κ3) is 8.14. The van der Waals surface area contributed by atoms with E-state index in [1.165, 1.54) is 23.9 Å². The summed E-state index contributed by atoms with van der Waals surface area (Å²) in [6.07, 6.45) is 10.3. The van der Waals surface area contributed by atoms with E-state index < -0.39 is 0 Å². The van der Waals surface area contributed by atoms with Crippen molar-refractivity contribution in [3.63, 3.8) is 0 Å². The number of anilines is 1. The zero-order valence-electron chi connectivity index (χ0n) is 15.4. The van der Waals surface area contributed by atoms with Crippen molar-refractivity contribution in [3.05, 3.63) is 6.33 Å². The minimum atomic E-state index is -0.0932. The number of aromatic nitrogens is 3. The largest absolute Gasteiger partial charge is 0.341 e. The van der Waals surface area contributed by atoms with E-state index in [9.17, 15) is 9.59 Å². The summed E-state index contributed by atoms with van der Waals surface area (Å²) in [4.78, 5) is 30.1. The number of hydrogen-bond donors (Lipinski definition) is 2. The molecule has 1 aromatic rings. The van der Waals surface area contributed by atoms with E-state index in [1.807, 2.05) is 4.90 Å². The number of amides is 2. The van der Waals surface area contributed by atoms with Crippen LogP contribution in [0.25, 0.3) is 0 Å². The molecule has 2 heterocycles. The van der Waals surface area contributed by atoms with E-state index in [1.54, 1.807) is 0 Å². The van der Waals surface area contributed by atoms with Crippen LogP contribution in [0.5, 0.6) is 0 Å². The van der Waals surface area contributed by atoms with E-state index in [0.29, 0.717) is 13.0 Å². The summed E-state index contributed by atoms with van der Waals surface area (Å²) in [6.45, 7) is 2.51. The fourth-order valence-electron chi connectivity index (χ4n) is 2.96. The highest BCUT2D eigenvalue weighted by molar-refractivity contribution is 5.88. The summed E-state index contributed by atoms with van der Waals surface area (Å²) in [7, 11) is 0. The number of carbonyl (C=O) groups excluding carboxylic acids is 2. The lowest BCUT2D eigenvalue weighted by Gasteiger charge is -2.19. The van der Waals surface area contributed by atoms with Gasteiger partial charge in [0.15, 0.2) is 0 Å². The van der Waals surface area contributed by atoms with Crippen molar-refractivity contribution in [2.75, 3.05) is 25.0 Å². The van der Waals surface area contributed by atoms with Gasteiger partial charge in [0.05, 0.1) is 0 Å². The molecule has 26 heavy (non-hydrogen) atoms. The van der Waals surface area contributed by atoms with Gasteiger partial charge in [-0.3, -0.25) is 14.9 Å². The lowest BCUT2D eigenvalue weighted by atomic mass is 10.1. The van der Waals surface area contributed by atoms with E-state index in [2.05, 4.69) is 15.4 Å². The van der Waals surface area contributed by atoms with E-state index in [4.69, 9.17) is 5.73 Å². The zero-order valence-corrected chi connectivity index (χ0v) is 16.2. The highest BCUT2D eigenvalue weighted by atomic mass is 35.5. The Hall–Kier alpha value is -1.67. The van der Waals surface area contributed by atoms with Crippen LogP contribution >= 0.6 is 12.4 Å². The minimum Gasteiger partial charge on any atom is -0.341 e. The molecule has 1 fully saturated rings. The van der Waals surface area contributed by atoms with Crippen LogP contribution in [0.4, 0.5) is 5.95 Å². The molecule has 0 saturated carbocycles. The number of likely N-dealkylation sites (tertiary alicyclic amines) is 1. The van der Waals surface area contributed by atoms with Gasteiger partial charge in [0.1, 0.15) is 12.9 Å². The van der Waals surface area contributed by atoms with E-state index in [-0.39, 0.29) is 36.7 Å². The molecule has 0 unspecified atom stereocenters. The fraction of sp³-hybridized carbons (Fsp3) is 0.765. The number of carbonyl (C=O) groups is 2. The Bertz CT molecular complexity index is 543. The van der Waals surface area contributed by atoms with E-state index in [0.717, 1.165) is 51.6 Å². The second-order valence-electron chi connectivity index (χ2n) is 6.56. The Kier molecular flexibility index (Phi) is 10.9. The SMILES string of the molecule is Cl.NCCCCCCC(=O)Nc1ncn(CC(=O)N2CCCCCC2)n1. The Morgan fingerprint density at radius 1 is 1.08 bits per heavy atom. The van der Waals surface area contributed by atoms with E-state index >= 15 is 0 Å². The second kappa shape index (κ2) is 12.6. The zero-order chi connectivity index (χ0) is 17.9. The van der Waals surface area contributed by atoms with Crippen LogP contribution < -0.4 is 11.1 Å². The number of nitrogens with one attached hydrogen (secondary N) is 1. The summed E-state index contributed by atoms with van der Waals surface area (Å²) in [5, 5.41) is 6.86. The van der Waals surface area contributed by atoms with Gasteiger partial charge in [-0.1, -0.05) is 25.7 Å². The molecule has 0 aliphatic carbocycles. The first-order chi connectivity index (χ1) is 12.2. The van der Waals surface area contributed by atoms with Gasteiger partial charge in [-0.15, -0.1) is 17.5 Å². The molecule has 1 aliphatic rings. The predicted molar refractivity (Wildman–Crippen MR) is 103 cm³/mol. The number of unbranched alkanes of at least 4 members (excludes halogenated alkanes) is 3. The predicted octanol–water partition coefficient (Wildman–Crippen LogP) is 1.95. The topological polar surface area (TPSA) is 106 Å². The Balaban J connectivity index is 0.00000338. The summed E-state index contributed by atoms with van der Waals surface area (Å²) in [6, 6.07) is 0. The highest BCUT2D eigenvalue weighted by Crippen LogP contribution is 2.10. The van der Waals surface area contributed by atoms with Crippen LogP contribution in [-0.4, -0.2) is 51.1 Å². The van der Waals surface area contributed by atoms with Gasteiger partial charge < -0.3 is 10.6 Å². The quantitative estimate of drug-likeness (QED) is 0.631. The Morgan fingerprint density at radius 2 is 1.77 bits per heavy atom. The van der Waals surface area contributed by atoms with Gasteiger partial charge in [0.25, 0.3) is 0 Å². The summed E-state index contributed by atoms with van der Waals surface area (Å²) in [5.41, 5.74) is 5.44. The molecule has 148 valence electrons. The number of hydrogen-bond acceptors (Lipinski definition) is 5. The summed E-state index contributed by atoms with van der Waals surface area (Å²) >= 11 is 0. The molecular formula is C17H31ClN6O2. The molecule has 8 nitrogen and oxygen atoms in total. The fourth-order valence-corrected chi connectivity index (χ4v) is 2.96. The maximum absolute atomic E-state index is 12.3. The number of nitrogens with two attached hydrogens (primary N) is 1. The molecule has 0 spiro atoms. The first kappa shape index (κ1) is 22.4. The van der Waals surface area contributed by atoms with Crippen LogP contribution in [-0.2, 0) is 16.1 Å². The summed E-state index contributed by atoms with van der Waals surface area (Å²) < 4.78 is 1.49. The van der Waals surface area contributed by atoms with Crippen molar-refractivity contribution in [3.8, 4) is 0 Å². The van der Waals surface area contributed by atoms with Gasteiger partial charge in [0.2, 0.25) is 17.8 Å². The molecule has 0 aromatic carbocycles. The molecule has 3 N–H and O–H groups in total. The molecule has 0 atom stereocenters. The first-order valence-corrected chi connectivity index (χ1v) is 9.36. The third-order valence-corrected chi connectivity index (χ3v) is 4.40. The van der Waals surface area contributed by atoms with Crippen LogP contribution in [0.1, 0.15) is 57.8 Å². The molecule has 1 aliphatic heterocycles. The molecule has 9 heteroatoms. The first-order valence-electron chi connectivity index (χ1n) is 9.36. The molecule has 0 bridgehead atoms. The van der Waals surface area contributed by atoms with Crippen LogP contribution in [0.15, 0.2) is 6.33 Å². The minimum absolute atomic E-state index is 0. The van der Waals surface area contributed by atoms with Crippen molar-refractivity contribution in [1.82, 2.24) is 19.7 Å². The number of rotatable bonds is 9. The molecule has 0 radical (unpaired) electrons. The number of nitrogens with zero attached hydrogens (tertiary/aromatic N) is 4. The second-order valence-corrected chi connectivity index (χ2v) is 6.56. The van der Waals surface area contributed by atoms with Crippen molar-refractivity contribution < 1.29 is 9.59 Å². The van der Waals surface area contributed by atoms with Gasteiger partial charge in [0, 0.05) is 19.5 Å². The molecule has 2 amide bonds. The average molecular weight is 387 g/mol. The summed E-state index contributed by atoms with van der Waals surface area (Å²) in [5.74, 6) is 0.226. The standard InChI is InChI=1S/C17H30N6O2.ClH/c18-10-6-2-1-5-9-15(24)20-17-19-14-23(21-17)13-16(25)22-11-7-3-4-8-12-22;/h14H,1-13,18H2,(H,20,21,24);1H. The molecule has 2 rings (SSSR count). The van der Waals surface area contributed by atoms with Crippen molar-refractivity contribution in [2.45, 2.75) is 64.3 Å². The maximum Gasteiger partial charge on any atom is 0.248 e. The maximum atomic E-state index is 12.3. The third-order valence-electron chi connectivity index (χ3n) is 4.40. The van der Waals surface area contributed by atoms with Crippen LogP contribution in [0.2, 0.25) is 0 Å². The monoisotopic (exact) mass is 386 g/mol. The van der Waals surface area contributed by atoms with Gasteiger partial charge in [-0.25, -0.2) is 9.67 Å². The van der Waals surface area contributed by atoms with Crippen molar-refractivity contribution in [1.29, 1.82) is 0 Å². The highest BCUT2D eigenvalue weighted by Gasteiger charge is 2.16. The van der Waals surface area contributed by atoms with Gasteiger partial charge >= 0.3 is 0 Å². The van der Waals surface area contributed by atoms with Gasteiger partial charge in [-0.2, -0.15) is 0 Å². The smallest absolute Gasteiger partial charge is 0.248 e. The average Bonchev–Trinajstić information content (AvgIpc) is 2.86. The van der Waals surface area contributed by atoms with Crippen LogP contribution in [0.3, 0.4) is 0 Å². The lowest BCUT2D eigenvalue weighted by molar-refractivity contribution is -0.132. The normalized spacial score (nSPS) is 14.4. The Morgan fingerprint density at radius 3 is 2.46 bits per heavy atom. The van der Waals surface area contributed by atoms with Gasteiger partial charge in [-0.05, 0) is 32.2 Å². The molecular weight excluding hydrogens is 356 g/mol. The molecule has 1 aromatic heterocycles. The lowest BCUT2D eigenvalue weighted by Crippen LogP contribution is -2.34. The Labute approximate surface area is 161 Å². The van der Waals surface area contributed by atoms with Crippen LogP contribution in [0, 0.1) is 0 Å². The van der Waals surface area contributed by atoms with Crippen molar-refractivity contribution in [2.24, 2.45) is 5.73 Å². The van der Waals surface area contributed by atoms with Crippen molar-refractivity contribution >= 4 is 30.2 Å². The molecule has 1 saturated heterocycles. The number of halogens is 1.